The summed E-state index contributed by atoms with van der Waals surface area (Å²) in [5.74, 6) is 0.716. The summed E-state index contributed by atoms with van der Waals surface area (Å²) >= 11 is 0. The minimum Gasteiger partial charge on any atom is -0.372 e. The van der Waals surface area contributed by atoms with E-state index in [1.165, 1.54) is 62.6 Å². The van der Waals surface area contributed by atoms with E-state index in [0.29, 0.717) is 12.0 Å². The van der Waals surface area contributed by atoms with E-state index < -0.39 is 0 Å². The maximum Gasteiger partial charge on any atom is 0.0346 e. The molecule has 32 heavy (non-hydrogen) atoms. The summed E-state index contributed by atoms with van der Waals surface area (Å²) in [5, 5.41) is 0. The molecule has 1 aromatic rings. The zero-order chi connectivity index (χ0) is 22.6. The molecule has 3 aliphatic rings. The molecule has 174 valence electrons. The quantitative estimate of drug-likeness (QED) is 0.432. The lowest BCUT2D eigenvalue weighted by molar-refractivity contribution is 0.106. The van der Waals surface area contributed by atoms with E-state index >= 15 is 0 Å². The Morgan fingerprint density at radius 2 is 1.62 bits per heavy atom. The predicted molar refractivity (Wildman–Crippen MR) is 138 cm³/mol. The molecule has 2 aliphatic carbocycles. The molecule has 0 amide bonds. The van der Waals surface area contributed by atoms with Crippen molar-refractivity contribution in [2.24, 2.45) is 5.92 Å². The molecule has 1 aromatic carbocycles. The number of benzene rings is 1. The van der Waals surface area contributed by atoms with Crippen LogP contribution < -0.4 is 0 Å². The highest BCUT2D eigenvalue weighted by Crippen LogP contribution is 2.47. The van der Waals surface area contributed by atoms with Crippen LogP contribution in [0.1, 0.15) is 77.7 Å². The fourth-order valence-corrected chi connectivity index (χ4v) is 6.38. The molecule has 2 heteroatoms. The van der Waals surface area contributed by atoms with Gasteiger partial charge in [0.15, 0.2) is 0 Å². The number of hydrogen-bond acceptors (Lipinski definition) is 2. The first-order valence-electron chi connectivity index (χ1n) is 13.1. The lowest BCUT2D eigenvalue weighted by atomic mass is 9.68. The van der Waals surface area contributed by atoms with Gasteiger partial charge in [0.1, 0.15) is 0 Å². The van der Waals surface area contributed by atoms with E-state index in [4.69, 9.17) is 6.58 Å². The first-order chi connectivity index (χ1) is 15.5. The Kier molecular flexibility index (Phi) is 7.61. The van der Waals surface area contributed by atoms with E-state index in [2.05, 4.69) is 73.1 Å². The Morgan fingerprint density at radius 1 is 1.00 bits per heavy atom. The van der Waals surface area contributed by atoms with Gasteiger partial charge in [-0.3, -0.25) is 4.90 Å². The molecule has 1 aliphatic heterocycles. The molecule has 4 rings (SSSR count). The minimum atomic E-state index is 0.0573. The monoisotopic (exact) mass is 432 g/mol. The van der Waals surface area contributed by atoms with Crippen LogP contribution >= 0.6 is 0 Å². The highest BCUT2D eigenvalue weighted by Gasteiger charge is 2.42. The number of nitrogens with zero attached hydrogens (tertiary/aromatic N) is 2. The second-order valence-corrected chi connectivity index (χ2v) is 10.6. The van der Waals surface area contributed by atoms with Crippen molar-refractivity contribution >= 4 is 0 Å². The van der Waals surface area contributed by atoms with Gasteiger partial charge in [-0.25, -0.2) is 0 Å². The maximum atomic E-state index is 4.74. The molecule has 0 spiro atoms. The Labute approximate surface area is 197 Å². The lowest BCUT2D eigenvalue weighted by Crippen LogP contribution is -2.52. The SMILES string of the molecule is C=C(N1CCN(C(C)CC2=CC=C(CC)CC2)CC1)C(C)(c1ccccc1)C1CCCC1. The highest BCUT2D eigenvalue weighted by atomic mass is 15.3. The van der Waals surface area contributed by atoms with Crippen LogP contribution in [0.3, 0.4) is 0 Å². The van der Waals surface area contributed by atoms with E-state index in [1.54, 1.807) is 11.1 Å². The normalized spacial score (nSPS) is 23.4. The fourth-order valence-electron chi connectivity index (χ4n) is 6.38. The molecule has 1 saturated heterocycles. The smallest absolute Gasteiger partial charge is 0.0346 e. The Morgan fingerprint density at radius 3 is 2.22 bits per heavy atom. The van der Waals surface area contributed by atoms with Crippen molar-refractivity contribution in [3.63, 3.8) is 0 Å². The van der Waals surface area contributed by atoms with Crippen LogP contribution in [0.15, 0.2) is 65.9 Å². The summed E-state index contributed by atoms with van der Waals surface area (Å²) in [4.78, 5) is 5.32. The predicted octanol–water partition coefficient (Wildman–Crippen LogP) is 7.10. The van der Waals surface area contributed by atoms with Gasteiger partial charge in [-0.2, -0.15) is 0 Å². The van der Waals surface area contributed by atoms with Gasteiger partial charge < -0.3 is 4.90 Å². The standard InChI is InChI=1S/C30H44N2/c1-5-26-15-17-27(18-16-26)23-24(2)31-19-21-32(22-20-31)25(3)30(4,29-13-9-10-14-29)28-11-7-6-8-12-28/h6-8,11-12,15,17,24,29H,3,5,9-10,13-14,16,18-23H2,1-2,4H3. The second-order valence-electron chi connectivity index (χ2n) is 10.6. The fraction of sp³-hybridized carbons (Fsp3) is 0.600. The van der Waals surface area contributed by atoms with Gasteiger partial charge in [0.2, 0.25) is 0 Å². The van der Waals surface area contributed by atoms with Gasteiger partial charge in [-0.15, -0.1) is 0 Å². The van der Waals surface area contributed by atoms with Crippen LogP contribution in [0.25, 0.3) is 0 Å². The average molecular weight is 433 g/mol. The van der Waals surface area contributed by atoms with Gasteiger partial charge in [0, 0.05) is 43.3 Å². The van der Waals surface area contributed by atoms with Crippen LogP contribution in [0, 0.1) is 5.92 Å². The molecule has 1 heterocycles. The van der Waals surface area contributed by atoms with Crippen molar-refractivity contribution < 1.29 is 0 Å². The minimum absolute atomic E-state index is 0.0573. The van der Waals surface area contributed by atoms with Crippen molar-refractivity contribution in [2.45, 2.75) is 83.6 Å². The third kappa shape index (κ3) is 4.91. The van der Waals surface area contributed by atoms with Gasteiger partial charge in [0.25, 0.3) is 0 Å². The van der Waals surface area contributed by atoms with Gasteiger partial charge >= 0.3 is 0 Å². The third-order valence-corrected chi connectivity index (χ3v) is 8.80. The lowest BCUT2D eigenvalue weighted by Gasteiger charge is -2.47. The van der Waals surface area contributed by atoms with E-state index in [9.17, 15) is 0 Å². The molecular weight excluding hydrogens is 388 g/mol. The van der Waals surface area contributed by atoms with Crippen LogP contribution in [-0.2, 0) is 5.41 Å². The van der Waals surface area contributed by atoms with Crippen molar-refractivity contribution in [3.05, 3.63) is 71.5 Å². The van der Waals surface area contributed by atoms with Crippen LogP contribution in [0.5, 0.6) is 0 Å². The molecule has 0 radical (unpaired) electrons. The first kappa shape index (κ1) is 23.4. The first-order valence-corrected chi connectivity index (χ1v) is 13.1. The Hall–Kier alpha value is -1.80. The molecule has 0 N–H and O–H groups in total. The molecular formula is C30H44N2. The van der Waals surface area contributed by atoms with Gasteiger partial charge in [-0.1, -0.05) is 80.0 Å². The summed E-state index contributed by atoms with van der Waals surface area (Å²) in [5.41, 5.74) is 6.12. The Bertz CT molecular complexity index is 822. The number of rotatable bonds is 8. The van der Waals surface area contributed by atoms with Gasteiger partial charge in [0.05, 0.1) is 0 Å². The van der Waals surface area contributed by atoms with Crippen molar-refractivity contribution in [1.82, 2.24) is 9.80 Å². The maximum absolute atomic E-state index is 4.74. The highest BCUT2D eigenvalue weighted by molar-refractivity contribution is 5.35. The largest absolute Gasteiger partial charge is 0.372 e. The molecule has 0 bridgehead atoms. The van der Waals surface area contributed by atoms with Crippen LogP contribution in [0.4, 0.5) is 0 Å². The third-order valence-electron chi connectivity index (χ3n) is 8.80. The molecule has 2 unspecified atom stereocenters. The zero-order valence-electron chi connectivity index (χ0n) is 20.8. The Balaban J connectivity index is 1.39. The number of piperazine rings is 1. The number of hydrogen-bond donors (Lipinski definition) is 0. The van der Waals surface area contributed by atoms with Crippen LogP contribution in [-0.4, -0.2) is 42.0 Å². The summed E-state index contributed by atoms with van der Waals surface area (Å²) in [6.45, 7) is 16.4. The summed E-state index contributed by atoms with van der Waals surface area (Å²) in [7, 11) is 0. The van der Waals surface area contributed by atoms with Crippen molar-refractivity contribution in [1.29, 1.82) is 0 Å². The molecule has 2 atom stereocenters. The average Bonchev–Trinajstić information content (AvgIpc) is 3.40. The zero-order valence-corrected chi connectivity index (χ0v) is 20.8. The number of allylic oxidation sites excluding steroid dienone is 4. The van der Waals surface area contributed by atoms with Crippen LogP contribution in [0.2, 0.25) is 0 Å². The van der Waals surface area contributed by atoms with E-state index in [0.717, 1.165) is 26.2 Å². The summed E-state index contributed by atoms with van der Waals surface area (Å²) < 4.78 is 0. The second kappa shape index (κ2) is 10.4. The summed E-state index contributed by atoms with van der Waals surface area (Å²) in [6.07, 6.45) is 15.2. The molecule has 0 aromatic heterocycles. The van der Waals surface area contributed by atoms with Crippen molar-refractivity contribution in [3.8, 4) is 0 Å². The topological polar surface area (TPSA) is 6.48 Å². The van der Waals surface area contributed by atoms with Crippen molar-refractivity contribution in [2.75, 3.05) is 26.2 Å². The van der Waals surface area contributed by atoms with E-state index in [1.807, 2.05) is 0 Å². The molecule has 1 saturated carbocycles. The molecule has 2 nitrogen and oxygen atoms in total. The van der Waals surface area contributed by atoms with E-state index in [-0.39, 0.29) is 5.41 Å². The summed E-state index contributed by atoms with van der Waals surface area (Å²) in [6, 6.07) is 11.8. The molecule has 2 fully saturated rings. The van der Waals surface area contributed by atoms with Gasteiger partial charge in [-0.05, 0) is 63.9 Å².